The minimum atomic E-state index is 0.330. The van der Waals surface area contributed by atoms with Crippen molar-refractivity contribution in [1.29, 1.82) is 10.5 Å². The Balaban J connectivity index is 1.98. The Morgan fingerprint density at radius 3 is 2.14 bits per heavy atom. The minimum Gasteiger partial charge on any atom is -0.437 e. The van der Waals surface area contributed by atoms with E-state index >= 15 is 0 Å². The van der Waals surface area contributed by atoms with Crippen LogP contribution in [-0.2, 0) is 0 Å². The first-order valence-corrected chi connectivity index (χ1v) is 9.46. The molecule has 8 heteroatoms. The maximum Gasteiger partial charge on any atom is 0.240 e. The van der Waals surface area contributed by atoms with Gasteiger partial charge in [-0.1, -0.05) is 0 Å². The summed E-state index contributed by atoms with van der Waals surface area (Å²) in [6.45, 7) is 3.76. The predicted molar refractivity (Wildman–Crippen MR) is 114 cm³/mol. The summed E-state index contributed by atoms with van der Waals surface area (Å²) in [5.74, 6) is 1.85. The summed E-state index contributed by atoms with van der Waals surface area (Å²) in [6.07, 6.45) is 0. The Kier molecular flexibility index (Phi) is 5.96. The highest BCUT2D eigenvalue weighted by Gasteiger charge is 2.16. The van der Waals surface area contributed by atoms with E-state index in [1.807, 2.05) is 13.8 Å². The van der Waals surface area contributed by atoms with Crippen molar-refractivity contribution in [2.24, 2.45) is 0 Å². The van der Waals surface area contributed by atoms with Crippen molar-refractivity contribution < 1.29 is 4.74 Å². The highest BCUT2D eigenvalue weighted by Crippen LogP contribution is 2.37. The van der Waals surface area contributed by atoms with E-state index in [4.69, 9.17) is 15.3 Å². The number of nitriles is 2. The Bertz CT molecular complexity index is 1120. The van der Waals surface area contributed by atoms with Crippen LogP contribution >= 0.6 is 15.9 Å². The summed E-state index contributed by atoms with van der Waals surface area (Å²) in [5, 5.41) is 24.2. The third-order valence-electron chi connectivity index (χ3n) is 4.12. The fraction of sp³-hybridized carbons (Fsp3) is 0.143. The van der Waals surface area contributed by atoms with Crippen LogP contribution in [0.1, 0.15) is 22.3 Å². The lowest BCUT2D eigenvalue weighted by Crippen LogP contribution is -2.05. The SMILES string of the molecule is CNc1nc(Nc2ccc(C#N)cc2)nc(Oc2c(C)cc(C#N)cc2C)c1Br. The largest absolute Gasteiger partial charge is 0.437 e. The Labute approximate surface area is 177 Å². The monoisotopic (exact) mass is 448 g/mol. The molecule has 0 atom stereocenters. The molecule has 0 aliphatic rings. The van der Waals surface area contributed by atoms with Gasteiger partial charge in [0.15, 0.2) is 0 Å². The first-order valence-electron chi connectivity index (χ1n) is 8.66. The number of nitrogens with one attached hydrogen (secondary N) is 2. The van der Waals surface area contributed by atoms with Crippen molar-refractivity contribution in [2.45, 2.75) is 13.8 Å². The van der Waals surface area contributed by atoms with Gasteiger partial charge >= 0.3 is 0 Å². The fourth-order valence-corrected chi connectivity index (χ4v) is 3.20. The maximum absolute atomic E-state index is 9.14. The molecular formula is C21H17BrN6O. The molecule has 0 spiro atoms. The normalized spacial score (nSPS) is 10.0. The van der Waals surface area contributed by atoms with Crippen molar-refractivity contribution in [3.63, 3.8) is 0 Å². The molecule has 1 aromatic heterocycles. The topological polar surface area (TPSA) is 107 Å². The molecule has 3 aromatic rings. The molecule has 0 unspecified atom stereocenters. The number of benzene rings is 2. The molecule has 29 heavy (non-hydrogen) atoms. The minimum absolute atomic E-state index is 0.330. The molecule has 7 nitrogen and oxygen atoms in total. The van der Waals surface area contributed by atoms with Crippen molar-refractivity contribution in [3.05, 3.63) is 63.1 Å². The van der Waals surface area contributed by atoms with Crippen LogP contribution in [0.15, 0.2) is 40.9 Å². The molecule has 144 valence electrons. The van der Waals surface area contributed by atoms with Crippen molar-refractivity contribution >= 4 is 33.4 Å². The van der Waals surface area contributed by atoms with Crippen LogP contribution in [0.4, 0.5) is 17.5 Å². The molecule has 2 N–H and O–H groups in total. The van der Waals surface area contributed by atoms with Crippen LogP contribution in [0.5, 0.6) is 11.6 Å². The molecule has 0 radical (unpaired) electrons. The number of aromatic nitrogens is 2. The van der Waals surface area contributed by atoms with E-state index < -0.39 is 0 Å². The summed E-state index contributed by atoms with van der Waals surface area (Å²) >= 11 is 3.49. The van der Waals surface area contributed by atoms with Gasteiger partial charge in [-0.15, -0.1) is 0 Å². The smallest absolute Gasteiger partial charge is 0.240 e. The van der Waals surface area contributed by atoms with Crippen molar-refractivity contribution in [1.82, 2.24) is 9.97 Å². The average molecular weight is 449 g/mol. The summed E-state index contributed by atoms with van der Waals surface area (Å²) in [7, 11) is 1.75. The van der Waals surface area contributed by atoms with Crippen LogP contribution in [0.3, 0.4) is 0 Å². The van der Waals surface area contributed by atoms with Gasteiger partial charge in [0.2, 0.25) is 11.8 Å². The fourth-order valence-electron chi connectivity index (χ4n) is 2.75. The maximum atomic E-state index is 9.14. The Hall–Kier alpha value is -3.62. The molecule has 0 saturated carbocycles. The zero-order valence-electron chi connectivity index (χ0n) is 16.0. The van der Waals surface area contributed by atoms with Crippen LogP contribution in [-0.4, -0.2) is 17.0 Å². The number of hydrogen-bond acceptors (Lipinski definition) is 7. The second-order valence-electron chi connectivity index (χ2n) is 6.23. The second-order valence-corrected chi connectivity index (χ2v) is 7.03. The number of anilines is 3. The lowest BCUT2D eigenvalue weighted by Gasteiger charge is -2.15. The number of aryl methyl sites for hydroxylation is 2. The Morgan fingerprint density at radius 2 is 1.59 bits per heavy atom. The summed E-state index contributed by atoms with van der Waals surface area (Å²) in [6, 6.07) is 14.7. The molecule has 0 aliphatic heterocycles. The number of halogens is 1. The zero-order valence-corrected chi connectivity index (χ0v) is 17.6. The molecule has 0 amide bonds. The number of rotatable bonds is 5. The van der Waals surface area contributed by atoms with Crippen LogP contribution < -0.4 is 15.4 Å². The molecule has 0 saturated heterocycles. The number of nitrogens with zero attached hydrogens (tertiary/aromatic N) is 4. The average Bonchev–Trinajstić information content (AvgIpc) is 2.72. The van der Waals surface area contributed by atoms with Gasteiger partial charge in [0, 0.05) is 12.7 Å². The van der Waals surface area contributed by atoms with Gasteiger partial charge in [0.05, 0.1) is 23.3 Å². The Morgan fingerprint density at radius 1 is 0.966 bits per heavy atom. The lowest BCUT2D eigenvalue weighted by atomic mass is 10.1. The molecule has 0 fully saturated rings. The van der Waals surface area contributed by atoms with Gasteiger partial charge < -0.3 is 15.4 Å². The number of ether oxygens (including phenoxy) is 1. The van der Waals surface area contributed by atoms with Gasteiger partial charge in [-0.2, -0.15) is 20.5 Å². The third kappa shape index (κ3) is 4.45. The predicted octanol–water partition coefficient (Wildman–Crippen LogP) is 5.18. The number of hydrogen-bond donors (Lipinski definition) is 2. The summed E-state index contributed by atoms with van der Waals surface area (Å²) < 4.78 is 6.67. The van der Waals surface area contributed by atoms with Crippen LogP contribution in [0.25, 0.3) is 0 Å². The second kappa shape index (κ2) is 8.59. The van der Waals surface area contributed by atoms with E-state index in [9.17, 15) is 0 Å². The zero-order chi connectivity index (χ0) is 21.0. The lowest BCUT2D eigenvalue weighted by molar-refractivity contribution is 0.452. The highest BCUT2D eigenvalue weighted by molar-refractivity contribution is 9.10. The van der Waals surface area contributed by atoms with E-state index in [0.29, 0.717) is 39.0 Å². The molecule has 3 rings (SSSR count). The standard InChI is InChI=1S/C21H17BrN6O/c1-12-8-15(11-24)9-13(2)18(12)29-20-17(22)19(25-3)27-21(28-20)26-16-6-4-14(10-23)5-7-16/h4-9H,1-3H3,(H2,25,26,27,28). The highest BCUT2D eigenvalue weighted by atomic mass is 79.9. The molecule has 0 bridgehead atoms. The third-order valence-corrected chi connectivity index (χ3v) is 4.83. The quantitative estimate of drug-likeness (QED) is 0.553. The molecule has 2 aromatic carbocycles. The van der Waals surface area contributed by atoms with E-state index in [-0.39, 0.29) is 0 Å². The van der Waals surface area contributed by atoms with Gasteiger partial charge in [-0.05, 0) is 77.3 Å². The van der Waals surface area contributed by atoms with Gasteiger partial charge in [0.25, 0.3) is 0 Å². The van der Waals surface area contributed by atoms with Crippen molar-refractivity contribution in [2.75, 3.05) is 17.7 Å². The summed E-state index contributed by atoms with van der Waals surface area (Å²) in [5.41, 5.74) is 3.55. The summed E-state index contributed by atoms with van der Waals surface area (Å²) in [4.78, 5) is 8.91. The molecule has 1 heterocycles. The van der Waals surface area contributed by atoms with Crippen molar-refractivity contribution in [3.8, 4) is 23.8 Å². The molecule has 0 aliphatic carbocycles. The van der Waals surface area contributed by atoms with Gasteiger partial charge in [-0.3, -0.25) is 0 Å². The van der Waals surface area contributed by atoms with E-state index in [1.54, 1.807) is 43.4 Å². The van der Waals surface area contributed by atoms with Crippen LogP contribution in [0, 0.1) is 36.5 Å². The van der Waals surface area contributed by atoms with E-state index in [1.165, 1.54) is 0 Å². The van der Waals surface area contributed by atoms with E-state index in [2.05, 4.69) is 48.7 Å². The van der Waals surface area contributed by atoms with Gasteiger partial charge in [-0.25, -0.2) is 0 Å². The van der Waals surface area contributed by atoms with Crippen LogP contribution in [0.2, 0.25) is 0 Å². The van der Waals surface area contributed by atoms with E-state index in [0.717, 1.165) is 16.8 Å². The molecular weight excluding hydrogens is 432 g/mol. The first kappa shape index (κ1) is 20.1. The van der Waals surface area contributed by atoms with Gasteiger partial charge in [0.1, 0.15) is 16.0 Å². The first-order chi connectivity index (χ1) is 13.9.